The number of carboxylic acids is 1. The third kappa shape index (κ3) is 3.63. The van der Waals surface area contributed by atoms with Crippen LogP contribution in [0.1, 0.15) is 17.5 Å². The van der Waals surface area contributed by atoms with Gasteiger partial charge in [-0.05, 0) is 18.1 Å². The minimum Gasteiger partial charge on any atom is -0.497 e. The summed E-state index contributed by atoms with van der Waals surface area (Å²) in [4.78, 5) is 10.7. The van der Waals surface area contributed by atoms with E-state index in [1.54, 1.807) is 27.4 Å². The van der Waals surface area contributed by atoms with Crippen molar-refractivity contribution in [1.82, 2.24) is 0 Å². The summed E-state index contributed by atoms with van der Waals surface area (Å²) in [5, 5.41) is 8.76. The van der Waals surface area contributed by atoms with Crippen molar-refractivity contribution in [1.29, 1.82) is 0 Å². The largest absolute Gasteiger partial charge is 0.497 e. The Morgan fingerprint density at radius 1 is 1.22 bits per heavy atom. The van der Waals surface area contributed by atoms with Crippen LogP contribution in [0.15, 0.2) is 12.1 Å². The molecule has 0 heterocycles. The molecule has 1 aromatic rings. The Hall–Kier alpha value is -1.75. The van der Waals surface area contributed by atoms with E-state index in [4.69, 9.17) is 19.3 Å². The van der Waals surface area contributed by atoms with Gasteiger partial charge in [-0.1, -0.05) is 0 Å². The summed E-state index contributed by atoms with van der Waals surface area (Å²) < 4.78 is 15.6. The topological polar surface area (TPSA) is 65.0 Å². The van der Waals surface area contributed by atoms with Crippen molar-refractivity contribution in [2.75, 3.05) is 21.3 Å². The van der Waals surface area contributed by atoms with E-state index in [0.717, 1.165) is 11.1 Å². The second-order valence-corrected chi connectivity index (χ2v) is 3.79. The molecule has 0 unspecified atom stereocenters. The van der Waals surface area contributed by atoms with Crippen molar-refractivity contribution < 1.29 is 24.1 Å². The highest BCUT2D eigenvalue weighted by Gasteiger charge is 2.13. The minimum absolute atomic E-state index is 0.0550. The zero-order chi connectivity index (χ0) is 13.5. The lowest BCUT2D eigenvalue weighted by Crippen LogP contribution is -2.04. The molecule has 0 aliphatic carbocycles. The first-order chi connectivity index (χ1) is 8.62. The quantitative estimate of drug-likeness (QED) is 0.804. The van der Waals surface area contributed by atoms with Crippen LogP contribution >= 0.6 is 0 Å². The molecule has 1 aromatic carbocycles. The molecule has 0 radical (unpaired) electrons. The number of hydrogen-bond acceptors (Lipinski definition) is 4. The second kappa shape index (κ2) is 6.86. The number of aliphatic carboxylic acids is 1. The Morgan fingerprint density at radius 3 is 2.44 bits per heavy atom. The average molecular weight is 254 g/mol. The molecule has 0 amide bonds. The highest BCUT2D eigenvalue weighted by atomic mass is 16.5. The Bertz CT molecular complexity index is 414. The summed E-state index contributed by atoms with van der Waals surface area (Å²) in [7, 11) is 4.71. The molecule has 0 aromatic heterocycles. The first kappa shape index (κ1) is 14.3. The van der Waals surface area contributed by atoms with Gasteiger partial charge in [0.1, 0.15) is 11.5 Å². The number of benzene rings is 1. The van der Waals surface area contributed by atoms with Crippen LogP contribution in [0.3, 0.4) is 0 Å². The van der Waals surface area contributed by atoms with Gasteiger partial charge in [0.25, 0.3) is 0 Å². The van der Waals surface area contributed by atoms with Gasteiger partial charge in [-0.2, -0.15) is 0 Å². The minimum atomic E-state index is -0.837. The molecule has 5 heteroatoms. The SMILES string of the molecule is COCc1cc(OC)cc(OC)c1CCC(=O)O. The fraction of sp³-hybridized carbons (Fsp3) is 0.462. The molecule has 0 fully saturated rings. The van der Waals surface area contributed by atoms with Crippen LogP contribution in [0.5, 0.6) is 11.5 Å². The van der Waals surface area contributed by atoms with Gasteiger partial charge in [-0.25, -0.2) is 0 Å². The maximum atomic E-state index is 10.7. The molecule has 0 aliphatic rings. The van der Waals surface area contributed by atoms with Crippen molar-refractivity contribution >= 4 is 5.97 Å². The highest BCUT2D eigenvalue weighted by Crippen LogP contribution is 2.30. The van der Waals surface area contributed by atoms with Crippen LogP contribution in [0.2, 0.25) is 0 Å². The number of methoxy groups -OCH3 is 3. The van der Waals surface area contributed by atoms with Crippen LogP contribution in [-0.2, 0) is 22.6 Å². The van der Waals surface area contributed by atoms with Gasteiger partial charge in [0.15, 0.2) is 0 Å². The van der Waals surface area contributed by atoms with E-state index < -0.39 is 5.97 Å². The summed E-state index contributed by atoms with van der Waals surface area (Å²) in [6.07, 6.45) is 0.459. The molecule has 18 heavy (non-hydrogen) atoms. The lowest BCUT2D eigenvalue weighted by molar-refractivity contribution is -0.136. The van der Waals surface area contributed by atoms with E-state index in [1.165, 1.54) is 0 Å². The second-order valence-electron chi connectivity index (χ2n) is 3.79. The predicted octanol–water partition coefficient (Wildman–Crippen LogP) is 1.87. The van der Waals surface area contributed by atoms with Gasteiger partial charge >= 0.3 is 5.97 Å². The van der Waals surface area contributed by atoms with E-state index >= 15 is 0 Å². The lowest BCUT2D eigenvalue weighted by Gasteiger charge is -2.15. The maximum absolute atomic E-state index is 10.7. The fourth-order valence-electron chi connectivity index (χ4n) is 1.78. The first-order valence-corrected chi connectivity index (χ1v) is 5.56. The third-order valence-corrected chi connectivity index (χ3v) is 2.62. The van der Waals surface area contributed by atoms with Crippen LogP contribution in [0.25, 0.3) is 0 Å². The van der Waals surface area contributed by atoms with Gasteiger partial charge in [0.2, 0.25) is 0 Å². The van der Waals surface area contributed by atoms with Crippen molar-refractivity contribution in [2.45, 2.75) is 19.4 Å². The van der Waals surface area contributed by atoms with Gasteiger partial charge in [0, 0.05) is 25.2 Å². The third-order valence-electron chi connectivity index (χ3n) is 2.62. The first-order valence-electron chi connectivity index (χ1n) is 5.56. The molecule has 5 nitrogen and oxygen atoms in total. The zero-order valence-corrected chi connectivity index (χ0v) is 10.9. The molecule has 0 atom stereocenters. The van der Waals surface area contributed by atoms with Crippen molar-refractivity contribution in [3.63, 3.8) is 0 Å². The average Bonchev–Trinajstić information content (AvgIpc) is 2.36. The number of hydrogen-bond donors (Lipinski definition) is 1. The maximum Gasteiger partial charge on any atom is 0.303 e. The number of carbonyl (C=O) groups is 1. The lowest BCUT2D eigenvalue weighted by atomic mass is 10.0. The molecular weight excluding hydrogens is 236 g/mol. The molecule has 0 saturated heterocycles. The standard InChI is InChI=1S/C13H18O5/c1-16-8-9-6-10(17-2)7-12(18-3)11(9)4-5-13(14)15/h6-7H,4-5,8H2,1-3H3,(H,14,15). The van der Waals surface area contributed by atoms with Crippen molar-refractivity contribution in [3.05, 3.63) is 23.3 Å². The van der Waals surface area contributed by atoms with Gasteiger partial charge in [0.05, 0.1) is 20.8 Å². The van der Waals surface area contributed by atoms with Crippen molar-refractivity contribution in [2.24, 2.45) is 0 Å². The van der Waals surface area contributed by atoms with E-state index in [0.29, 0.717) is 24.5 Å². The normalized spacial score (nSPS) is 10.2. The summed E-state index contributed by atoms with van der Waals surface area (Å²) >= 11 is 0. The summed E-state index contributed by atoms with van der Waals surface area (Å²) in [5.74, 6) is 0.455. The summed E-state index contributed by atoms with van der Waals surface area (Å²) in [5.41, 5.74) is 1.73. The van der Waals surface area contributed by atoms with Crippen LogP contribution in [0.4, 0.5) is 0 Å². The smallest absolute Gasteiger partial charge is 0.303 e. The van der Waals surface area contributed by atoms with E-state index in [1.807, 2.05) is 6.07 Å². The Labute approximate surface area is 106 Å². The fourth-order valence-corrected chi connectivity index (χ4v) is 1.78. The Kier molecular flexibility index (Phi) is 5.45. The van der Waals surface area contributed by atoms with Crippen LogP contribution in [-0.4, -0.2) is 32.4 Å². The van der Waals surface area contributed by atoms with Gasteiger partial charge in [-0.3, -0.25) is 4.79 Å². The number of carboxylic acid groups (broad SMARTS) is 1. The predicted molar refractivity (Wildman–Crippen MR) is 66.2 cm³/mol. The molecule has 100 valence electrons. The molecule has 1 rings (SSSR count). The summed E-state index contributed by atoms with van der Waals surface area (Å²) in [6.45, 7) is 0.391. The molecule has 1 N–H and O–H groups in total. The van der Waals surface area contributed by atoms with Crippen molar-refractivity contribution in [3.8, 4) is 11.5 Å². The summed E-state index contributed by atoms with van der Waals surface area (Å²) in [6, 6.07) is 3.58. The van der Waals surface area contributed by atoms with E-state index in [-0.39, 0.29) is 6.42 Å². The Morgan fingerprint density at radius 2 is 1.94 bits per heavy atom. The van der Waals surface area contributed by atoms with Crippen LogP contribution in [0, 0.1) is 0 Å². The van der Waals surface area contributed by atoms with E-state index in [9.17, 15) is 4.79 Å². The molecule has 0 saturated carbocycles. The molecule has 0 bridgehead atoms. The van der Waals surface area contributed by atoms with Gasteiger partial charge < -0.3 is 19.3 Å². The molecule has 0 aliphatic heterocycles. The number of rotatable bonds is 7. The number of ether oxygens (including phenoxy) is 3. The van der Waals surface area contributed by atoms with Gasteiger partial charge in [-0.15, -0.1) is 0 Å². The molecular formula is C13H18O5. The highest BCUT2D eigenvalue weighted by molar-refractivity contribution is 5.67. The van der Waals surface area contributed by atoms with E-state index in [2.05, 4.69) is 0 Å². The molecule has 0 spiro atoms. The zero-order valence-electron chi connectivity index (χ0n) is 10.9. The Balaban J connectivity index is 3.12. The van der Waals surface area contributed by atoms with Crippen LogP contribution < -0.4 is 9.47 Å². The monoisotopic (exact) mass is 254 g/mol.